The van der Waals surface area contributed by atoms with Crippen molar-refractivity contribution in [3.05, 3.63) is 337 Å². The Morgan fingerprint density at radius 2 is 0.523 bits per heavy atom. The third-order valence-corrected chi connectivity index (χ3v) is 14.4. The Kier molecular flexibility index (Phi) is 5.23. The molecule has 0 aliphatic carbocycles. The van der Waals surface area contributed by atoms with Crippen molar-refractivity contribution in [2.75, 3.05) is 0 Å². The number of nitrogens with zero attached hydrogens (tertiary/aromatic N) is 2. The van der Waals surface area contributed by atoms with E-state index in [-0.39, 0.29) is 0 Å². The molecule has 2 aromatic heterocycles. The van der Waals surface area contributed by atoms with Gasteiger partial charge in [0.2, 0.25) is 0 Å². The van der Waals surface area contributed by atoms with Gasteiger partial charge in [0.1, 0.15) is 0 Å². The molecule has 2 heteroatoms. The minimum Gasteiger partial charge on any atom is -0.309 e. The average Bonchev–Trinajstić information content (AvgIpc) is 1.52. The number of aromatic nitrogens is 2. The third kappa shape index (κ3) is 8.88. The van der Waals surface area contributed by atoms with Crippen molar-refractivity contribution in [1.82, 2.24) is 9.13 Å². The van der Waals surface area contributed by atoms with Crippen LogP contribution in [0.1, 0.15) is 83.8 Å². The highest BCUT2D eigenvalue weighted by atomic mass is 15.0. The summed E-state index contributed by atoms with van der Waals surface area (Å²) in [6, 6.07) is -63.6. The number of rotatable bonds is 11. The van der Waals surface area contributed by atoms with Gasteiger partial charge in [0.25, 0.3) is 0 Å². The molecule has 0 radical (unpaired) electrons. The minimum atomic E-state index is -1.49. The molecule has 16 rings (SSSR count). The summed E-state index contributed by atoms with van der Waals surface area (Å²) in [6.45, 7) is 2.30. The largest absolute Gasteiger partial charge is 0.309 e. The number of para-hydroxylation sites is 2. The van der Waals surface area contributed by atoms with E-state index in [1.807, 2.05) is 0 Å². The zero-order valence-electron chi connectivity index (χ0n) is 98.0. The Bertz CT molecular complexity index is 8310. The molecule has 14 aromatic carbocycles. The number of aryl methyl sites for hydroxylation is 1. The van der Waals surface area contributed by atoms with Crippen LogP contribution in [0.25, 0.3) is 155 Å². The predicted octanol–water partition coefficient (Wildman–Crippen LogP) is 23.5. The van der Waals surface area contributed by atoms with Crippen LogP contribution < -0.4 is 0 Å². The topological polar surface area (TPSA) is 9.86 Å². The van der Waals surface area contributed by atoms with E-state index in [1.54, 1.807) is 0 Å². The normalized spacial score (nSPS) is 20.0. The first-order valence-electron chi connectivity index (χ1n) is 52.7. The van der Waals surface area contributed by atoms with Crippen LogP contribution in [0.15, 0.2) is 326 Å². The number of benzene rings is 14. The maximum Gasteiger partial charge on any atom is 0.0645 e. The summed E-state index contributed by atoms with van der Waals surface area (Å²) in [5.74, 6) is 0. The van der Waals surface area contributed by atoms with E-state index in [9.17, 15) is 46.6 Å². The van der Waals surface area contributed by atoms with Crippen LogP contribution in [0, 0.1) is 13.8 Å². The molecule has 0 spiro atoms. The molecule has 0 amide bonds. The lowest BCUT2D eigenvalue weighted by Crippen LogP contribution is -2.02. The number of hydrogen-bond donors (Lipinski definition) is 0. The monoisotopic (exact) mass is 1170 g/mol. The highest BCUT2D eigenvalue weighted by Gasteiger charge is 2.25. The molecule has 0 saturated heterocycles. The van der Waals surface area contributed by atoms with Crippen molar-refractivity contribution in [3.8, 4) is 112 Å². The SMILES string of the molecule is [2H]c1cc(-c2c([2H])c([2H])c([2H])c([2H])c2[2H])c(-c2c([2H])c([2H])c3c(c2[2H])c2c([2H])c(-c4c([2H])c([2H])c([2H])c([2H])c4-c4c([2H])c([2H])c([2H])c([2H])c4[2H])c([2H])c([2H])c2n3-c2c([2H])c([2H])c([2H])c([2H])c2-c2c([2H])c([2H])c([2H])c([2H])c2-n2c3c([2H])c([2H])c(-c4c([2H])c([2H])c([2H])c([2H])c4-c4c([2H])c([2H])c([2H])c([2H])c4[2H])c([2H])c3c3c([2H])c(-c4c([2H])c([2H])c([2H])c([2H])c4-c4c([2H])c([2H])c([2H])c([2H])c4[2H])c(C)c(C)c32)c([2H])c1[2H]. The second kappa shape index (κ2) is 21.9. The van der Waals surface area contributed by atoms with Gasteiger partial charge in [-0.1, -0.05) is 272 Å². The van der Waals surface area contributed by atoms with Gasteiger partial charge < -0.3 is 9.13 Å². The Balaban J connectivity index is 1.17. The van der Waals surface area contributed by atoms with Crippen molar-refractivity contribution in [2.24, 2.45) is 0 Å². The number of hydrogen-bond acceptors (Lipinski definition) is 0. The fourth-order valence-electron chi connectivity index (χ4n) is 10.5. The Morgan fingerprint density at radius 3 is 0.966 bits per heavy atom. The first kappa shape index (κ1) is 21.0. The molecule has 0 fully saturated rings. The van der Waals surface area contributed by atoms with Gasteiger partial charge in [-0.15, -0.1) is 0 Å². The first-order valence-corrected chi connectivity index (χ1v) is 26.2. The lowest BCUT2D eigenvalue weighted by atomic mass is 9.89. The molecular weight excluding hydrogens is 1060 g/mol. The molecule has 0 atom stereocenters. The van der Waals surface area contributed by atoms with Gasteiger partial charge >= 0.3 is 0 Å². The van der Waals surface area contributed by atoms with E-state index in [2.05, 4.69) is 0 Å². The maximum absolute atomic E-state index is 10.9. The van der Waals surface area contributed by atoms with Crippen molar-refractivity contribution < 1.29 is 72.7 Å². The molecule has 0 aliphatic rings. The van der Waals surface area contributed by atoms with Gasteiger partial charge in [-0.3, -0.25) is 0 Å². The maximum atomic E-state index is 10.9. The molecular formula is C86H60N2. The molecule has 414 valence electrons. The number of fused-ring (bicyclic) bond motifs is 6. The van der Waals surface area contributed by atoms with E-state index in [1.165, 1.54) is 0 Å². The van der Waals surface area contributed by atoms with E-state index in [0.29, 0.717) is 15.2 Å². The van der Waals surface area contributed by atoms with Crippen molar-refractivity contribution >= 4 is 43.6 Å². The van der Waals surface area contributed by atoms with Crippen LogP contribution in [0.2, 0.25) is 0 Å². The zero-order chi connectivity index (χ0) is 105. The van der Waals surface area contributed by atoms with Crippen molar-refractivity contribution in [3.63, 3.8) is 0 Å². The highest BCUT2D eigenvalue weighted by molar-refractivity contribution is 6.16. The molecule has 0 aliphatic heterocycles. The molecule has 0 saturated carbocycles. The summed E-state index contributed by atoms with van der Waals surface area (Å²) in [6.07, 6.45) is 0. The standard InChI is InChI=1S/C86H60N2/c1-57-58(2)86-80(56-76(57)73-42-22-21-38-69(73)62-33-13-6-14-34-62)79-55-65(72-41-20-17-37-68(72)61-31-11-5-12-32-61)49-52-85(79)88(86)82-46-26-24-44-75(82)74-43-23-25-45-81(74)87-83-50-47-63(70-39-18-15-35-66(70)59-27-7-3-8-28-59)53-77(83)78-54-64(48-51-84(78)87)71-40-19-16-36-67(71)60-29-9-4-10-30-60/h3-56H,1-2H3/i3D,4D,5D,6D,7D,8D,9D,10D,11D,12D,13D,14D,15D,16D,17D,18D,19D,20D,21D,22D,23D,24D,25D,26D,27D,28D,29D,30D,31D,32D,33D,34D,35D,37D,38D,39D,40D,41D,42D,43D,44D,45D,46D,47D,48D,49D,50D,51D,52D,53D,54D,55D,56D. The van der Waals surface area contributed by atoms with Gasteiger partial charge in [0.15, 0.2) is 0 Å². The van der Waals surface area contributed by atoms with Crippen molar-refractivity contribution in [1.29, 1.82) is 0 Å². The first-order chi connectivity index (χ1) is 65.6. The van der Waals surface area contributed by atoms with Crippen LogP contribution in [0.3, 0.4) is 0 Å². The van der Waals surface area contributed by atoms with Gasteiger partial charge in [-0.25, -0.2) is 0 Å². The predicted molar refractivity (Wildman–Crippen MR) is 374 cm³/mol. The van der Waals surface area contributed by atoms with Crippen LogP contribution in [-0.2, 0) is 0 Å². The third-order valence-electron chi connectivity index (χ3n) is 14.4. The van der Waals surface area contributed by atoms with Crippen LogP contribution in [-0.4, -0.2) is 9.13 Å². The van der Waals surface area contributed by atoms with Gasteiger partial charge in [0, 0.05) is 32.7 Å². The van der Waals surface area contributed by atoms with Gasteiger partial charge in [-0.05, 0) is 168 Å². The Labute approximate surface area is 588 Å². The van der Waals surface area contributed by atoms with Crippen LogP contribution >= 0.6 is 0 Å². The summed E-state index contributed by atoms with van der Waals surface area (Å²) >= 11 is 0. The summed E-state index contributed by atoms with van der Waals surface area (Å²) < 4.78 is 505. The molecule has 0 unspecified atom stereocenters. The quantitative estimate of drug-likeness (QED) is 0.122. The molecule has 16 aromatic rings. The minimum absolute atomic E-state index is 0.409. The Morgan fingerprint density at radius 1 is 0.216 bits per heavy atom. The smallest absolute Gasteiger partial charge is 0.0645 e. The molecule has 0 bridgehead atoms. The van der Waals surface area contributed by atoms with Crippen LogP contribution in [0.5, 0.6) is 0 Å². The Hall–Kier alpha value is -11.3. The molecule has 0 N–H and O–H groups in total. The summed E-state index contributed by atoms with van der Waals surface area (Å²) in [4.78, 5) is 0. The highest BCUT2D eigenvalue weighted by Crippen LogP contribution is 2.48. The zero-order valence-corrected chi connectivity index (χ0v) is 45.0. The molecule has 2 nitrogen and oxygen atoms in total. The van der Waals surface area contributed by atoms with E-state index >= 15 is 0 Å². The lowest BCUT2D eigenvalue weighted by molar-refractivity contribution is 1.15. The lowest BCUT2D eigenvalue weighted by Gasteiger charge is -2.20. The van der Waals surface area contributed by atoms with Crippen molar-refractivity contribution in [2.45, 2.75) is 13.8 Å². The summed E-state index contributed by atoms with van der Waals surface area (Å²) in [5.41, 5.74) is -26.2. The second-order valence-electron chi connectivity index (χ2n) is 19.1. The van der Waals surface area contributed by atoms with Crippen LogP contribution in [0.4, 0.5) is 0 Å². The van der Waals surface area contributed by atoms with E-state index in [4.69, 9.17) is 26.0 Å². The average molecular weight is 1170 g/mol. The fraction of sp³-hybridized carbons (Fsp3) is 0.0233. The van der Waals surface area contributed by atoms with Gasteiger partial charge in [-0.2, -0.15) is 0 Å². The summed E-state index contributed by atoms with van der Waals surface area (Å²) in [7, 11) is 0. The second-order valence-corrected chi connectivity index (χ2v) is 19.1. The van der Waals surface area contributed by atoms with E-state index in [0.717, 1.165) is 13.8 Å². The molecule has 88 heavy (non-hydrogen) atoms. The molecule has 2 heterocycles. The summed E-state index contributed by atoms with van der Waals surface area (Å²) in [5, 5.41) is -4.15. The van der Waals surface area contributed by atoms with E-state index < -0.39 is 487 Å². The van der Waals surface area contributed by atoms with Gasteiger partial charge in [0.05, 0.1) is 106 Å². The fourth-order valence-corrected chi connectivity index (χ4v) is 10.5.